The van der Waals surface area contributed by atoms with Crippen molar-refractivity contribution >= 4 is 5.57 Å². The summed E-state index contributed by atoms with van der Waals surface area (Å²) < 4.78 is 5.14. The summed E-state index contributed by atoms with van der Waals surface area (Å²) in [5, 5.41) is 0. The molecule has 0 amide bonds. The van der Waals surface area contributed by atoms with Gasteiger partial charge in [0, 0.05) is 18.5 Å². The number of hydrogen-bond donors (Lipinski definition) is 0. The number of fused-ring (bicyclic) bond motifs is 2. The van der Waals surface area contributed by atoms with E-state index in [1.807, 2.05) is 6.07 Å². The van der Waals surface area contributed by atoms with Crippen molar-refractivity contribution in [1.29, 1.82) is 0 Å². The maximum Gasteiger partial charge on any atom is 0.137 e. The Morgan fingerprint density at radius 3 is 2.88 bits per heavy atom. The first-order chi connectivity index (χ1) is 8.31. The van der Waals surface area contributed by atoms with Crippen molar-refractivity contribution in [2.45, 2.75) is 19.4 Å². The highest BCUT2D eigenvalue weighted by Gasteiger charge is 2.38. The van der Waals surface area contributed by atoms with E-state index in [2.05, 4.69) is 29.0 Å². The molecule has 0 N–H and O–H groups in total. The molecule has 0 aromatic carbocycles. The van der Waals surface area contributed by atoms with Crippen LogP contribution in [0.25, 0.3) is 5.57 Å². The monoisotopic (exact) mass is 230 g/mol. The van der Waals surface area contributed by atoms with Crippen LogP contribution >= 0.6 is 0 Å². The number of methoxy groups -OCH3 is 1. The van der Waals surface area contributed by atoms with E-state index < -0.39 is 0 Å². The van der Waals surface area contributed by atoms with Crippen molar-refractivity contribution in [3.8, 4) is 5.75 Å². The molecule has 1 saturated heterocycles. The van der Waals surface area contributed by atoms with Crippen molar-refractivity contribution in [2.75, 3.05) is 20.2 Å². The third kappa shape index (κ3) is 1.75. The van der Waals surface area contributed by atoms with Crippen molar-refractivity contribution in [3.05, 3.63) is 30.1 Å². The second kappa shape index (κ2) is 4.15. The van der Waals surface area contributed by atoms with Crippen LogP contribution in [0, 0.1) is 5.92 Å². The summed E-state index contributed by atoms with van der Waals surface area (Å²) in [6.07, 6.45) is 5.48. The largest absolute Gasteiger partial charge is 0.495 e. The van der Waals surface area contributed by atoms with E-state index in [9.17, 15) is 0 Å². The minimum Gasteiger partial charge on any atom is -0.495 e. The molecule has 2 heterocycles. The maximum absolute atomic E-state index is 5.14. The summed E-state index contributed by atoms with van der Waals surface area (Å²) in [6, 6.07) is 4.71. The summed E-state index contributed by atoms with van der Waals surface area (Å²) in [6.45, 7) is 4.58. The SMILES string of the molecule is CCN1CC2CC1C=C2c1ccc(OC)cn1. The number of nitrogens with zero attached hydrogens (tertiary/aromatic N) is 2. The van der Waals surface area contributed by atoms with Crippen molar-refractivity contribution in [3.63, 3.8) is 0 Å². The summed E-state index contributed by atoms with van der Waals surface area (Å²) in [4.78, 5) is 7.03. The van der Waals surface area contributed by atoms with E-state index in [-0.39, 0.29) is 0 Å². The Hall–Kier alpha value is -1.35. The molecule has 17 heavy (non-hydrogen) atoms. The lowest BCUT2D eigenvalue weighted by molar-refractivity contribution is 0.297. The Bertz CT molecular complexity index is 438. The Balaban J connectivity index is 1.84. The maximum atomic E-state index is 5.14. The fourth-order valence-electron chi connectivity index (χ4n) is 3.01. The van der Waals surface area contributed by atoms with Crippen LogP contribution in [-0.4, -0.2) is 36.1 Å². The fraction of sp³-hybridized carbons (Fsp3) is 0.500. The van der Waals surface area contributed by atoms with Crippen LogP contribution < -0.4 is 4.74 Å². The highest BCUT2D eigenvalue weighted by Crippen LogP contribution is 2.41. The number of likely N-dealkylation sites (N-methyl/N-ethyl adjacent to an activating group) is 1. The van der Waals surface area contributed by atoms with Gasteiger partial charge in [-0.3, -0.25) is 9.88 Å². The van der Waals surface area contributed by atoms with Crippen molar-refractivity contribution in [2.24, 2.45) is 5.92 Å². The van der Waals surface area contributed by atoms with Gasteiger partial charge in [-0.1, -0.05) is 13.0 Å². The van der Waals surface area contributed by atoms with Gasteiger partial charge in [-0.25, -0.2) is 0 Å². The second-order valence-electron chi connectivity index (χ2n) is 4.79. The third-order valence-corrected chi connectivity index (χ3v) is 3.94. The van der Waals surface area contributed by atoms with E-state index in [0.29, 0.717) is 12.0 Å². The number of likely N-dealkylation sites (tertiary alicyclic amines) is 1. The van der Waals surface area contributed by atoms with Crippen LogP contribution in [0.1, 0.15) is 19.0 Å². The zero-order valence-corrected chi connectivity index (χ0v) is 10.4. The standard InChI is InChI=1S/C14H18N2O/c1-3-16-9-10-6-11(16)7-13(10)14-5-4-12(17-2)8-15-14/h4-5,7-8,10-11H,3,6,9H2,1-2H3. The number of ether oxygens (including phenoxy) is 1. The van der Waals surface area contributed by atoms with Gasteiger partial charge in [0.25, 0.3) is 0 Å². The molecule has 1 fully saturated rings. The summed E-state index contributed by atoms with van der Waals surface area (Å²) >= 11 is 0. The van der Waals surface area contributed by atoms with Gasteiger partial charge in [-0.15, -0.1) is 0 Å². The molecule has 2 unspecified atom stereocenters. The van der Waals surface area contributed by atoms with Gasteiger partial charge in [0.1, 0.15) is 5.75 Å². The average Bonchev–Trinajstić information content (AvgIpc) is 2.98. The number of rotatable bonds is 3. The molecule has 3 rings (SSSR count). The first kappa shape index (κ1) is 10.8. The van der Waals surface area contributed by atoms with Crippen molar-refractivity contribution < 1.29 is 4.74 Å². The minimum atomic E-state index is 0.643. The molecule has 0 spiro atoms. The third-order valence-electron chi connectivity index (χ3n) is 3.94. The summed E-state index contributed by atoms with van der Waals surface area (Å²) in [5.41, 5.74) is 2.55. The molecule has 0 radical (unpaired) electrons. The normalized spacial score (nSPS) is 27.3. The van der Waals surface area contributed by atoms with E-state index in [1.165, 1.54) is 18.5 Å². The molecular formula is C14H18N2O. The Labute approximate surface area is 102 Å². The quantitative estimate of drug-likeness (QED) is 0.796. The summed E-state index contributed by atoms with van der Waals surface area (Å²) in [5.74, 6) is 1.51. The fourth-order valence-corrected chi connectivity index (χ4v) is 3.01. The lowest BCUT2D eigenvalue weighted by atomic mass is 9.99. The van der Waals surface area contributed by atoms with Crippen LogP contribution in [0.5, 0.6) is 5.75 Å². The van der Waals surface area contributed by atoms with E-state index >= 15 is 0 Å². The molecule has 2 bridgehead atoms. The van der Waals surface area contributed by atoms with Crippen LogP contribution in [-0.2, 0) is 0 Å². The van der Waals surface area contributed by atoms with Gasteiger partial charge in [-0.2, -0.15) is 0 Å². The molecular weight excluding hydrogens is 212 g/mol. The lowest BCUT2D eigenvalue weighted by Crippen LogP contribution is -2.30. The highest BCUT2D eigenvalue weighted by atomic mass is 16.5. The van der Waals surface area contributed by atoms with Gasteiger partial charge in [0.15, 0.2) is 0 Å². The van der Waals surface area contributed by atoms with Gasteiger partial charge in [0.2, 0.25) is 0 Å². The molecule has 2 atom stereocenters. The van der Waals surface area contributed by atoms with E-state index in [1.54, 1.807) is 13.3 Å². The van der Waals surface area contributed by atoms with Crippen molar-refractivity contribution in [1.82, 2.24) is 9.88 Å². The Kier molecular flexibility index (Phi) is 2.63. The van der Waals surface area contributed by atoms with Gasteiger partial charge < -0.3 is 4.74 Å². The number of pyridine rings is 1. The molecule has 1 aromatic rings. The van der Waals surface area contributed by atoms with Crippen LogP contribution in [0.3, 0.4) is 0 Å². The van der Waals surface area contributed by atoms with Crippen LogP contribution in [0.2, 0.25) is 0 Å². The number of hydrogen-bond acceptors (Lipinski definition) is 3. The molecule has 1 aliphatic carbocycles. The smallest absolute Gasteiger partial charge is 0.137 e. The van der Waals surface area contributed by atoms with Crippen LogP contribution in [0.15, 0.2) is 24.4 Å². The zero-order chi connectivity index (χ0) is 11.8. The lowest BCUT2D eigenvalue weighted by Gasteiger charge is -2.24. The first-order valence-electron chi connectivity index (χ1n) is 6.28. The van der Waals surface area contributed by atoms with Gasteiger partial charge >= 0.3 is 0 Å². The summed E-state index contributed by atoms with van der Waals surface area (Å²) in [7, 11) is 1.67. The molecule has 1 aliphatic heterocycles. The first-order valence-corrected chi connectivity index (χ1v) is 6.28. The number of aromatic nitrogens is 1. The molecule has 2 aliphatic rings. The van der Waals surface area contributed by atoms with E-state index in [0.717, 1.165) is 18.0 Å². The molecule has 3 heteroatoms. The van der Waals surface area contributed by atoms with Gasteiger partial charge in [0.05, 0.1) is 19.0 Å². The minimum absolute atomic E-state index is 0.643. The molecule has 3 nitrogen and oxygen atoms in total. The average molecular weight is 230 g/mol. The second-order valence-corrected chi connectivity index (χ2v) is 4.79. The highest BCUT2D eigenvalue weighted by molar-refractivity contribution is 5.69. The zero-order valence-electron chi connectivity index (χ0n) is 10.4. The predicted octanol–water partition coefficient (Wildman–Crippen LogP) is 2.20. The molecule has 0 saturated carbocycles. The van der Waals surface area contributed by atoms with E-state index in [4.69, 9.17) is 4.74 Å². The molecule has 1 aromatic heterocycles. The predicted molar refractivity (Wildman–Crippen MR) is 67.9 cm³/mol. The van der Waals surface area contributed by atoms with Gasteiger partial charge in [-0.05, 0) is 30.7 Å². The van der Waals surface area contributed by atoms with Crippen LogP contribution in [0.4, 0.5) is 0 Å². The Morgan fingerprint density at radius 1 is 1.47 bits per heavy atom. The topological polar surface area (TPSA) is 25.4 Å². The Morgan fingerprint density at radius 2 is 2.35 bits per heavy atom. The molecule has 90 valence electrons.